The average Bonchev–Trinajstić information content (AvgIpc) is 2.74. The summed E-state index contributed by atoms with van der Waals surface area (Å²) < 4.78 is 7.30. The van der Waals surface area contributed by atoms with Crippen molar-refractivity contribution in [3.8, 4) is 0 Å². The molecule has 1 aromatic heterocycles. The monoisotopic (exact) mass is 495 g/mol. The summed E-state index contributed by atoms with van der Waals surface area (Å²) in [6, 6.07) is 5.45. The second kappa shape index (κ2) is 9.96. The highest BCUT2D eigenvalue weighted by atomic mass is 79.9. The van der Waals surface area contributed by atoms with Gasteiger partial charge in [0.1, 0.15) is 0 Å². The standard InChI is InChI=1S/C21H26BrN3O4S/c1-13(2)11-25-19(27)16-10-15(22)4-5-17(16)23-21(25)30-12-18(26)24-8-6-14(7-9-24)20(28)29-3/h4-5,10,13-14H,6-9,11-12H2,1-3H3. The fourth-order valence-corrected chi connectivity index (χ4v) is 4.83. The first kappa shape index (κ1) is 22.8. The summed E-state index contributed by atoms with van der Waals surface area (Å²) in [5, 5.41) is 1.12. The van der Waals surface area contributed by atoms with Crippen LogP contribution in [0, 0.1) is 11.8 Å². The van der Waals surface area contributed by atoms with Gasteiger partial charge in [0, 0.05) is 24.1 Å². The van der Waals surface area contributed by atoms with Gasteiger partial charge >= 0.3 is 5.97 Å². The Bertz CT molecular complexity index is 1000. The Labute approximate surface area is 188 Å². The molecular formula is C21H26BrN3O4S. The molecule has 0 saturated carbocycles. The predicted octanol–water partition coefficient (Wildman–Crippen LogP) is 3.32. The number of thioether (sulfide) groups is 1. The second-order valence-electron chi connectivity index (χ2n) is 7.83. The molecule has 0 unspecified atom stereocenters. The Kier molecular flexibility index (Phi) is 7.57. The molecule has 1 amide bonds. The molecule has 0 radical (unpaired) electrons. The third-order valence-corrected chi connectivity index (χ3v) is 6.59. The van der Waals surface area contributed by atoms with Crippen LogP contribution in [0.5, 0.6) is 0 Å². The largest absolute Gasteiger partial charge is 0.469 e. The number of likely N-dealkylation sites (tertiary alicyclic amines) is 1. The fraction of sp³-hybridized carbons (Fsp3) is 0.524. The number of methoxy groups -OCH3 is 1. The van der Waals surface area contributed by atoms with Crippen molar-refractivity contribution in [2.45, 2.75) is 38.4 Å². The molecule has 30 heavy (non-hydrogen) atoms. The van der Waals surface area contributed by atoms with Gasteiger partial charge in [0.2, 0.25) is 5.91 Å². The molecule has 0 spiro atoms. The van der Waals surface area contributed by atoms with E-state index in [0.717, 1.165) is 4.47 Å². The molecule has 1 saturated heterocycles. The van der Waals surface area contributed by atoms with E-state index >= 15 is 0 Å². The predicted molar refractivity (Wildman–Crippen MR) is 121 cm³/mol. The van der Waals surface area contributed by atoms with Crippen molar-refractivity contribution in [3.63, 3.8) is 0 Å². The molecule has 0 aliphatic carbocycles. The van der Waals surface area contributed by atoms with Crippen molar-refractivity contribution in [1.82, 2.24) is 14.5 Å². The molecule has 162 valence electrons. The van der Waals surface area contributed by atoms with Crippen molar-refractivity contribution in [2.24, 2.45) is 11.8 Å². The van der Waals surface area contributed by atoms with Crippen LogP contribution in [0.15, 0.2) is 32.6 Å². The smallest absolute Gasteiger partial charge is 0.308 e. The zero-order chi connectivity index (χ0) is 21.8. The number of hydrogen-bond donors (Lipinski definition) is 0. The number of hydrogen-bond acceptors (Lipinski definition) is 6. The van der Waals surface area contributed by atoms with E-state index in [2.05, 4.69) is 20.9 Å². The number of benzene rings is 1. The number of piperidine rings is 1. The molecule has 1 aliphatic heterocycles. The third-order valence-electron chi connectivity index (χ3n) is 5.14. The molecule has 1 aromatic carbocycles. The highest BCUT2D eigenvalue weighted by Crippen LogP contribution is 2.23. The maximum atomic E-state index is 13.1. The molecule has 0 N–H and O–H groups in total. The Morgan fingerprint density at radius 2 is 2.00 bits per heavy atom. The van der Waals surface area contributed by atoms with Crippen LogP contribution >= 0.6 is 27.7 Å². The normalized spacial score (nSPS) is 15.0. The third kappa shape index (κ3) is 5.24. The number of halogens is 1. The summed E-state index contributed by atoms with van der Waals surface area (Å²) >= 11 is 4.70. The van der Waals surface area contributed by atoms with Gasteiger partial charge in [-0.3, -0.25) is 19.0 Å². The molecule has 0 bridgehead atoms. The summed E-state index contributed by atoms with van der Waals surface area (Å²) in [7, 11) is 1.39. The maximum absolute atomic E-state index is 13.1. The van der Waals surface area contributed by atoms with Crippen molar-refractivity contribution in [2.75, 3.05) is 26.0 Å². The van der Waals surface area contributed by atoms with Gasteiger partial charge < -0.3 is 9.64 Å². The lowest BCUT2D eigenvalue weighted by Crippen LogP contribution is -2.41. The van der Waals surface area contributed by atoms with Crippen molar-refractivity contribution >= 4 is 50.5 Å². The molecule has 1 aliphatic rings. The average molecular weight is 496 g/mol. The van der Waals surface area contributed by atoms with Crippen LogP contribution in [0.1, 0.15) is 26.7 Å². The van der Waals surface area contributed by atoms with Gasteiger partial charge in [-0.05, 0) is 37.0 Å². The number of aromatic nitrogens is 2. The summed E-state index contributed by atoms with van der Waals surface area (Å²) in [6.45, 7) is 5.70. The van der Waals surface area contributed by atoms with Crippen molar-refractivity contribution < 1.29 is 14.3 Å². The quantitative estimate of drug-likeness (QED) is 0.347. The van der Waals surface area contributed by atoms with E-state index < -0.39 is 0 Å². The van der Waals surface area contributed by atoms with E-state index in [-0.39, 0.29) is 35.0 Å². The lowest BCUT2D eigenvalue weighted by atomic mass is 9.97. The van der Waals surface area contributed by atoms with Crippen LogP contribution in [0.3, 0.4) is 0 Å². The van der Waals surface area contributed by atoms with Gasteiger partial charge in [0.25, 0.3) is 5.56 Å². The highest BCUT2D eigenvalue weighted by Gasteiger charge is 2.28. The van der Waals surface area contributed by atoms with E-state index in [0.29, 0.717) is 48.5 Å². The number of esters is 1. The minimum absolute atomic E-state index is 0.00966. The first-order chi connectivity index (χ1) is 14.3. The number of amides is 1. The van der Waals surface area contributed by atoms with E-state index in [1.54, 1.807) is 15.5 Å². The van der Waals surface area contributed by atoms with Gasteiger partial charge in [0.15, 0.2) is 5.16 Å². The van der Waals surface area contributed by atoms with Crippen LogP contribution < -0.4 is 5.56 Å². The second-order valence-corrected chi connectivity index (χ2v) is 9.69. The number of fused-ring (bicyclic) bond motifs is 1. The fourth-order valence-electron chi connectivity index (χ4n) is 3.56. The molecule has 1 fully saturated rings. The van der Waals surface area contributed by atoms with E-state index in [4.69, 9.17) is 4.74 Å². The number of carbonyl (C=O) groups is 2. The molecule has 0 atom stereocenters. The topological polar surface area (TPSA) is 81.5 Å². The van der Waals surface area contributed by atoms with Crippen LogP contribution in [0.4, 0.5) is 0 Å². The van der Waals surface area contributed by atoms with Gasteiger partial charge in [0.05, 0.1) is 29.7 Å². The van der Waals surface area contributed by atoms with E-state index in [1.165, 1.54) is 18.9 Å². The molecule has 2 aromatic rings. The van der Waals surface area contributed by atoms with Gasteiger partial charge in [-0.15, -0.1) is 0 Å². The molecular weight excluding hydrogens is 470 g/mol. The molecule has 9 heteroatoms. The van der Waals surface area contributed by atoms with Gasteiger partial charge in [-0.2, -0.15) is 0 Å². The Morgan fingerprint density at radius 1 is 1.30 bits per heavy atom. The maximum Gasteiger partial charge on any atom is 0.308 e. The highest BCUT2D eigenvalue weighted by molar-refractivity contribution is 9.10. The molecule has 7 nitrogen and oxygen atoms in total. The Morgan fingerprint density at radius 3 is 2.63 bits per heavy atom. The first-order valence-corrected chi connectivity index (χ1v) is 11.8. The van der Waals surface area contributed by atoms with E-state index in [9.17, 15) is 14.4 Å². The summed E-state index contributed by atoms with van der Waals surface area (Å²) in [5.41, 5.74) is 0.529. The van der Waals surface area contributed by atoms with Gasteiger partial charge in [-0.1, -0.05) is 41.5 Å². The number of ether oxygens (including phenoxy) is 1. The number of rotatable bonds is 6. The first-order valence-electron chi connectivity index (χ1n) is 9.98. The zero-order valence-corrected chi connectivity index (χ0v) is 19.8. The van der Waals surface area contributed by atoms with Gasteiger partial charge in [-0.25, -0.2) is 4.98 Å². The van der Waals surface area contributed by atoms with Crippen LogP contribution in [-0.2, 0) is 20.9 Å². The Balaban J connectivity index is 1.75. The van der Waals surface area contributed by atoms with Crippen molar-refractivity contribution in [1.29, 1.82) is 0 Å². The minimum Gasteiger partial charge on any atom is -0.469 e. The summed E-state index contributed by atoms with van der Waals surface area (Å²) in [6.07, 6.45) is 1.23. The number of nitrogens with zero attached hydrogens (tertiary/aromatic N) is 3. The van der Waals surface area contributed by atoms with Crippen LogP contribution in [-0.4, -0.2) is 52.3 Å². The lowest BCUT2D eigenvalue weighted by molar-refractivity contribution is -0.148. The SMILES string of the molecule is COC(=O)C1CCN(C(=O)CSc2nc3ccc(Br)cc3c(=O)n2CC(C)C)CC1. The van der Waals surface area contributed by atoms with Crippen LogP contribution in [0.2, 0.25) is 0 Å². The van der Waals surface area contributed by atoms with Crippen molar-refractivity contribution in [3.05, 3.63) is 33.0 Å². The van der Waals surface area contributed by atoms with E-state index in [1.807, 2.05) is 26.0 Å². The number of carbonyl (C=O) groups excluding carboxylic acids is 2. The lowest BCUT2D eigenvalue weighted by Gasteiger charge is -2.30. The minimum atomic E-state index is -0.207. The summed E-state index contributed by atoms with van der Waals surface area (Å²) in [5.74, 6) is 0.117. The summed E-state index contributed by atoms with van der Waals surface area (Å²) in [4.78, 5) is 43.9. The molecule has 3 rings (SSSR count). The zero-order valence-electron chi connectivity index (χ0n) is 17.4. The molecule has 2 heterocycles. The Hall–Kier alpha value is -1.87. The van der Waals surface area contributed by atoms with Crippen LogP contribution in [0.25, 0.3) is 10.9 Å².